The molecule has 6 aromatic rings. The van der Waals surface area contributed by atoms with Crippen LogP contribution >= 0.6 is 0 Å². The first kappa shape index (κ1) is 34.5. The van der Waals surface area contributed by atoms with Gasteiger partial charge in [-0.1, -0.05) is 71.3 Å². The largest absolute Gasteiger partial charge is 0.509 e. The second kappa shape index (κ2) is 12.8. The van der Waals surface area contributed by atoms with Crippen molar-refractivity contribution in [3.05, 3.63) is 138 Å². The van der Waals surface area contributed by atoms with Gasteiger partial charge in [-0.05, 0) is 95.9 Å². The van der Waals surface area contributed by atoms with Crippen LogP contribution in [0.15, 0.2) is 91.4 Å². The molecule has 0 atom stereocenters. The van der Waals surface area contributed by atoms with Crippen molar-refractivity contribution in [2.45, 2.75) is 73.1 Å². The topological polar surface area (TPSA) is 33.5 Å². The Kier molecular flexibility index (Phi) is 9.05. The summed E-state index contributed by atoms with van der Waals surface area (Å²) in [6.07, 6.45) is 6.07. The first-order valence-electron chi connectivity index (χ1n) is 16.6. The molecule has 7 rings (SSSR count). The third-order valence-electron chi connectivity index (χ3n) is 9.32. The monoisotopic (exact) mass is 826 g/mol. The van der Waals surface area contributed by atoms with Crippen LogP contribution in [0.5, 0.6) is 11.5 Å². The van der Waals surface area contributed by atoms with Crippen LogP contribution in [-0.2, 0) is 31.9 Å². The average Bonchev–Trinajstić information content (AvgIpc) is 3.65. The maximum Gasteiger partial charge on any atom is 0.135 e. The van der Waals surface area contributed by atoms with E-state index in [1.807, 2.05) is 12.3 Å². The second-order valence-corrected chi connectivity index (χ2v) is 15.0. The van der Waals surface area contributed by atoms with Gasteiger partial charge in [0.1, 0.15) is 5.82 Å². The van der Waals surface area contributed by atoms with Crippen molar-refractivity contribution in [3.63, 3.8) is 0 Å². The van der Waals surface area contributed by atoms with Crippen molar-refractivity contribution in [3.8, 4) is 17.3 Å². The standard InChI is InChI=1S/C43H43N4O.Pt/c1-28-20-30(3)39(21-29(28)2)46-19-18-45(27-46)33-22-32(43(7,8)9)23-35(25-33)48-34-14-15-37-36-12-10-11-13-38(36)47(40(37)26-34)41-24-31(16-17-44-41)42(4,5)6;/h10-24,27H,1-9H3;/q-3;. The van der Waals surface area contributed by atoms with Crippen LogP contribution in [-0.4, -0.2) is 9.55 Å². The molecule has 0 saturated heterocycles. The zero-order valence-electron chi connectivity index (χ0n) is 29.8. The molecule has 2 aromatic heterocycles. The molecular formula is C43H43N4OPt-3. The molecular weight excluding hydrogens is 784 g/mol. The average molecular weight is 827 g/mol. The quantitative estimate of drug-likeness (QED) is 0.162. The Balaban J connectivity index is 0.00000417. The van der Waals surface area contributed by atoms with E-state index < -0.39 is 0 Å². The predicted molar refractivity (Wildman–Crippen MR) is 199 cm³/mol. The number of rotatable bonds is 5. The number of anilines is 2. The van der Waals surface area contributed by atoms with E-state index in [0.717, 1.165) is 38.9 Å². The fraction of sp³-hybridized carbons (Fsp3) is 0.256. The van der Waals surface area contributed by atoms with Crippen LogP contribution in [0.2, 0.25) is 0 Å². The summed E-state index contributed by atoms with van der Waals surface area (Å²) in [5, 5.41) is 2.26. The van der Waals surface area contributed by atoms with E-state index in [0.29, 0.717) is 11.5 Å². The van der Waals surface area contributed by atoms with E-state index >= 15 is 0 Å². The van der Waals surface area contributed by atoms with Gasteiger partial charge in [0, 0.05) is 50.0 Å². The van der Waals surface area contributed by atoms with Gasteiger partial charge in [-0.3, -0.25) is 0 Å². The Morgan fingerprint density at radius 1 is 0.673 bits per heavy atom. The number of benzene rings is 4. The van der Waals surface area contributed by atoms with E-state index in [-0.39, 0.29) is 31.9 Å². The molecule has 0 spiro atoms. The third kappa shape index (κ3) is 6.66. The summed E-state index contributed by atoms with van der Waals surface area (Å²) >= 11 is 0. The molecule has 3 heterocycles. The van der Waals surface area contributed by atoms with E-state index in [1.165, 1.54) is 27.9 Å². The van der Waals surface area contributed by atoms with Gasteiger partial charge in [0.05, 0.1) is 0 Å². The number of aromatic nitrogens is 2. The Bertz CT molecular complexity index is 2220. The fourth-order valence-corrected chi connectivity index (χ4v) is 6.32. The summed E-state index contributed by atoms with van der Waals surface area (Å²) in [6, 6.07) is 32.8. The Labute approximate surface area is 305 Å². The van der Waals surface area contributed by atoms with Gasteiger partial charge in [-0.15, -0.1) is 53.6 Å². The number of hydrogen-bond donors (Lipinski definition) is 0. The summed E-state index contributed by atoms with van der Waals surface area (Å²) in [5.74, 6) is 2.14. The minimum absolute atomic E-state index is 0. The van der Waals surface area contributed by atoms with Crippen molar-refractivity contribution in [1.29, 1.82) is 0 Å². The number of aryl methyl sites for hydroxylation is 3. The van der Waals surface area contributed by atoms with Gasteiger partial charge in [0.25, 0.3) is 0 Å². The molecule has 6 heteroatoms. The van der Waals surface area contributed by atoms with Crippen molar-refractivity contribution in [2.24, 2.45) is 0 Å². The number of hydrogen-bond acceptors (Lipinski definition) is 4. The van der Waals surface area contributed by atoms with Gasteiger partial charge in [0.15, 0.2) is 0 Å². The molecule has 0 amide bonds. The minimum Gasteiger partial charge on any atom is -0.509 e. The van der Waals surface area contributed by atoms with Crippen LogP contribution in [0.1, 0.15) is 69.4 Å². The number of fused-ring (bicyclic) bond motifs is 3. The molecule has 1 aliphatic heterocycles. The van der Waals surface area contributed by atoms with Crippen LogP contribution in [0.3, 0.4) is 0 Å². The summed E-state index contributed by atoms with van der Waals surface area (Å²) in [4.78, 5) is 9.10. The minimum atomic E-state index is -0.0976. The second-order valence-electron chi connectivity index (χ2n) is 15.0. The number of pyridine rings is 1. The van der Waals surface area contributed by atoms with Crippen LogP contribution < -0.4 is 14.5 Å². The molecule has 0 aliphatic carbocycles. The summed E-state index contributed by atoms with van der Waals surface area (Å²) in [5.41, 5.74) is 10.2. The number of nitrogens with zero attached hydrogens (tertiary/aromatic N) is 4. The van der Waals surface area contributed by atoms with Gasteiger partial charge in [-0.25, -0.2) is 4.98 Å². The molecule has 0 N–H and O–H groups in total. The van der Waals surface area contributed by atoms with Gasteiger partial charge in [-0.2, -0.15) is 6.07 Å². The molecule has 1 aliphatic rings. The smallest absolute Gasteiger partial charge is 0.135 e. The fourth-order valence-electron chi connectivity index (χ4n) is 6.32. The first-order valence-corrected chi connectivity index (χ1v) is 16.6. The van der Waals surface area contributed by atoms with E-state index in [4.69, 9.17) is 9.72 Å². The van der Waals surface area contributed by atoms with Crippen molar-refractivity contribution in [2.75, 3.05) is 9.80 Å². The summed E-state index contributed by atoms with van der Waals surface area (Å²) in [7, 11) is 0. The number of para-hydroxylation sites is 1. The normalized spacial score (nSPS) is 13.4. The van der Waals surface area contributed by atoms with E-state index in [2.05, 4.69) is 175 Å². The third-order valence-corrected chi connectivity index (χ3v) is 9.32. The molecule has 0 unspecified atom stereocenters. The van der Waals surface area contributed by atoms with Crippen LogP contribution in [0, 0.1) is 39.6 Å². The van der Waals surface area contributed by atoms with Crippen molar-refractivity contribution >= 4 is 33.2 Å². The van der Waals surface area contributed by atoms with E-state index in [9.17, 15) is 0 Å². The maximum absolute atomic E-state index is 6.62. The molecule has 0 bridgehead atoms. The Hall–Kier alpha value is -4.34. The van der Waals surface area contributed by atoms with Gasteiger partial charge in [0.2, 0.25) is 0 Å². The van der Waals surface area contributed by atoms with Crippen LogP contribution in [0.25, 0.3) is 27.6 Å². The predicted octanol–water partition coefficient (Wildman–Crippen LogP) is 11.0. The maximum atomic E-state index is 6.62. The van der Waals surface area contributed by atoms with E-state index in [1.54, 1.807) is 0 Å². The molecule has 49 heavy (non-hydrogen) atoms. The zero-order chi connectivity index (χ0) is 34.0. The first-order chi connectivity index (χ1) is 22.8. The Morgan fingerprint density at radius 2 is 1.39 bits per heavy atom. The molecule has 0 fully saturated rings. The molecule has 0 radical (unpaired) electrons. The molecule has 4 aromatic carbocycles. The summed E-state index contributed by atoms with van der Waals surface area (Å²) in [6.45, 7) is 21.9. The molecule has 0 saturated carbocycles. The zero-order valence-corrected chi connectivity index (χ0v) is 32.0. The van der Waals surface area contributed by atoms with Crippen molar-refractivity contribution in [1.82, 2.24) is 9.55 Å². The van der Waals surface area contributed by atoms with Gasteiger partial charge < -0.3 is 19.1 Å². The SMILES string of the molecule is Cc1cc(C)c(N2C=CN(c3[c-]c(Oc4[c-]c5c(cc4)c4ccccc4n5-c4cc(C(C)(C)C)ccn4)cc(C(C)(C)C)c3)[CH-]2)cc1C.[Pt]. The summed E-state index contributed by atoms with van der Waals surface area (Å²) < 4.78 is 8.82. The van der Waals surface area contributed by atoms with Crippen LogP contribution in [0.4, 0.5) is 11.4 Å². The van der Waals surface area contributed by atoms with Gasteiger partial charge >= 0.3 is 0 Å². The molecule has 5 nitrogen and oxygen atoms in total. The number of ether oxygens (including phenoxy) is 1. The Morgan fingerprint density at radius 3 is 2.14 bits per heavy atom. The van der Waals surface area contributed by atoms with Crippen molar-refractivity contribution < 1.29 is 25.8 Å². The molecule has 254 valence electrons.